The molecule has 4 rings (SSSR count). The Morgan fingerprint density at radius 1 is 1.31 bits per heavy atom. The maximum Gasteiger partial charge on any atom is 0.213 e. The summed E-state index contributed by atoms with van der Waals surface area (Å²) in [5.41, 5.74) is 1.23. The smallest absolute Gasteiger partial charge is 0.213 e. The Labute approximate surface area is 155 Å². The van der Waals surface area contributed by atoms with Crippen LogP contribution in [0, 0.1) is 0 Å². The molecule has 0 aromatic carbocycles. The predicted octanol–water partition coefficient (Wildman–Crippen LogP) is 2.89. The fraction of sp³-hybridized carbons (Fsp3) is 0.600. The van der Waals surface area contributed by atoms with E-state index in [1.807, 2.05) is 36.2 Å². The molecular weight excluding hydrogens is 328 g/mol. The molecular formula is C20H28N4O2. The van der Waals surface area contributed by atoms with E-state index in [4.69, 9.17) is 9.47 Å². The van der Waals surface area contributed by atoms with Crippen LogP contribution in [0.3, 0.4) is 0 Å². The maximum atomic E-state index is 6.16. The normalized spacial score (nSPS) is 28.8. The van der Waals surface area contributed by atoms with Crippen LogP contribution in [-0.4, -0.2) is 51.1 Å². The van der Waals surface area contributed by atoms with Crippen LogP contribution in [0.5, 0.6) is 5.88 Å². The summed E-state index contributed by atoms with van der Waals surface area (Å²) in [6, 6.07) is 6.19. The molecule has 3 heterocycles. The lowest BCUT2D eigenvalue weighted by molar-refractivity contribution is -0.0843. The van der Waals surface area contributed by atoms with Gasteiger partial charge in [0.05, 0.1) is 11.8 Å². The molecule has 0 radical (unpaired) electrons. The second-order valence-electron chi connectivity index (χ2n) is 7.39. The van der Waals surface area contributed by atoms with Gasteiger partial charge in [-0.15, -0.1) is 0 Å². The molecule has 1 saturated carbocycles. The zero-order chi connectivity index (χ0) is 18.0. The van der Waals surface area contributed by atoms with Crippen LogP contribution >= 0.6 is 0 Å². The summed E-state index contributed by atoms with van der Waals surface area (Å²) in [6.45, 7) is 5.01. The zero-order valence-electron chi connectivity index (χ0n) is 15.7. The lowest BCUT2D eigenvalue weighted by Crippen LogP contribution is -2.52. The van der Waals surface area contributed by atoms with Crippen LogP contribution in [-0.2, 0) is 17.8 Å². The van der Waals surface area contributed by atoms with Crippen LogP contribution in [0.15, 0.2) is 36.8 Å². The van der Waals surface area contributed by atoms with Crippen molar-refractivity contribution >= 4 is 0 Å². The Bertz CT molecular complexity index is 720. The van der Waals surface area contributed by atoms with Gasteiger partial charge in [-0.05, 0) is 32.3 Å². The minimum Gasteiger partial charge on any atom is -0.474 e. The fourth-order valence-electron chi connectivity index (χ4n) is 4.54. The van der Waals surface area contributed by atoms with E-state index in [2.05, 4.69) is 28.1 Å². The number of ether oxygens (including phenoxy) is 2. The molecule has 3 atom stereocenters. The summed E-state index contributed by atoms with van der Waals surface area (Å²) in [4.78, 5) is 6.87. The summed E-state index contributed by atoms with van der Waals surface area (Å²) in [7, 11) is 1.87. The standard InChI is InChI=1S/C20H28N4O2/c1-3-24-15-16(13-22-24)14-23-11-9-20(25-2)8-7-17(12-18(20)23)26-19-6-4-5-10-21-19/h4-6,10,13,15,17-18H,3,7-9,11-12,14H2,1-2H3/t17-,18-,20+/m0/s1. The van der Waals surface area contributed by atoms with E-state index in [9.17, 15) is 0 Å². The van der Waals surface area contributed by atoms with Gasteiger partial charge in [-0.1, -0.05) is 6.07 Å². The molecule has 1 aliphatic carbocycles. The quantitative estimate of drug-likeness (QED) is 0.797. The molecule has 1 aliphatic heterocycles. The van der Waals surface area contributed by atoms with E-state index >= 15 is 0 Å². The van der Waals surface area contributed by atoms with Gasteiger partial charge in [-0.25, -0.2) is 4.98 Å². The first-order chi connectivity index (χ1) is 12.7. The zero-order valence-corrected chi connectivity index (χ0v) is 15.7. The van der Waals surface area contributed by atoms with Crippen molar-refractivity contribution in [1.29, 1.82) is 0 Å². The Hall–Kier alpha value is -1.92. The number of aromatic nitrogens is 3. The first kappa shape index (κ1) is 17.5. The largest absolute Gasteiger partial charge is 0.474 e. The Balaban J connectivity index is 1.47. The maximum absolute atomic E-state index is 6.16. The predicted molar refractivity (Wildman–Crippen MR) is 99.0 cm³/mol. The highest BCUT2D eigenvalue weighted by molar-refractivity contribution is 5.13. The first-order valence-electron chi connectivity index (χ1n) is 9.60. The second-order valence-corrected chi connectivity index (χ2v) is 7.39. The highest BCUT2D eigenvalue weighted by Gasteiger charge is 2.51. The molecule has 0 spiro atoms. The minimum atomic E-state index is -0.0370. The molecule has 26 heavy (non-hydrogen) atoms. The van der Waals surface area contributed by atoms with Gasteiger partial charge in [0.15, 0.2) is 0 Å². The van der Waals surface area contributed by atoms with Gasteiger partial charge >= 0.3 is 0 Å². The van der Waals surface area contributed by atoms with Crippen molar-refractivity contribution in [2.45, 2.75) is 63.4 Å². The number of fused-ring (bicyclic) bond motifs is 1. The van der Waals surface area contributed by atoms with Gasteiger partial charge in [0.1, 0.15) is 6.10 Å². The first-order valence-corrected chi connectivity index (χ1v) is 9.60. The molecule has 0 N–H and O–H groups in total. The lowest BCUT2D eigenvalue weighted by atomic mass is 9.79. The topological polar surface area (TPSA) is 52.4 Å². The molecule has 2 aromatic heterocycles. The van der Waals surface area contributed by atoms with Gasteiger partial charge < -0.3 is 9.47 Å². The monoisotopic (exact) mass is 356 g/mol. The molecule has 0 bridgehead atoms. The van der Waals surface area contributed by atoms with E-state index < -0.39 is 0 Å². The Morgan fingerprint density at radius 3 is 2.96 bits per heavy atom. The van der Waals surface area contributed by atoms with Crippen LogP contribution < -0.4 is 4.74 Å². The van der Waals surface area contributed by atoms with Crippen LogP contribution in [0.4, 0.5) is 0 Å². The van der Waals surface area contributed by atoms with E-state index in [0.717, 1.165) is 51.2 Å². The summed E-state index contributed by atoms with van der Waals surface area (Å²) >= 11 is 0. The molecule has 6 nitrogen and oxygen atoms in total. The minimum absolute atomic E-state index is 0.0370. The summed E-state index contributed by atoms with van der Waals surface area (Å²) in [5.74, 6) is 0.719. The van der Waals surface area contributed by atoms with Crippen molar-refractivity contribution in [3.63, 3.8) is 0 Å². The molecule has 0 amide bonds. The molecule has 2 aliphatic rings. The van der Waals surface area contributed by atoms with E-state index in [0.29, 0.717) is 6.04 Å². The van der Waals surface area contributed by atoms with Gasteiger partial charge in [0.2, 0.25) is 5.88 Å². The van der Waals surface area contributed by atoms with Crippen LogP contribution in [0.1, 0.15) is 38.2 Å². The highest BCUT2D eigenvalue weighted by atomic mass is 16.5. The molecule has 140 valence electrons. The number of hydrogen-bond acceptors (Lipinski definition) is 5. The van der Waals surface area contributed by atoms with Crippen molar-refractivity contribution in [1.82, 2.24) is 19.7 Å². The van der Waals surface area contributed by atoms with Crippen molar-refractivity contribution in [2.75, 3.05) is 13.7 Å². The van der Waals surface area contributed by atoms with Crippen molar-refractivity contribution in [3.05, 3.63) is 42.4 Å². The van der Waals surface area contributed by atoms with Crippen molar-refractivity contribution in [2.24, 2.45) is 0 Å². The number of nitrogens with zero attached hydrogens (tertiary/aromatic N) is 4. The average Bonchev–Trinajstić information content (AvgIpc) is 3.28. The van der Waals surface area contributed by atoms with E-state index in [1.165, 1.54) is 5.56 Å². The number of pyridine rings is 1. The Kier molecular flexibility index (Phi) is 4.96. The summed E-state index contributed by atoms with van der Waals surface area (Å²) < 4.78 is 14.2. The third-order valence-electron chi connectivity index (χ3n) is 5.97. The molecule has 2 fully saturated rings. The average molecular weight is 356 g/mol. The summed E-state index contributed by atoms with van der Waals surface area (Å²) in [6.07, 6.45) is 10.2. The number of methoxy groups -OCH3 is 1. The molecule has 2 aromatic rings. The fourth-order valence-corrected chi connectivity index (χ4v) is 4.54. The molecule has 0 unspecified atom stereocenters. The Morgan fingerprint density at radius 2 is 2.23 bits per heavy atom. The number of likely N-dealkylation sites (tertiary alicyclic amines) is 1. The summed E-state index contributed by atoms with van der Waals surface area (Å²) in [5, 5.41) is 4.41. The van der Waals surface area contributed by atoms with Crippen LogP contribution in [0.25, 0.3) is 0 Å². The third kappa shape index (κ3) is 3.35. The van der Waals surface area contributed by atoms with E-state index in [-0.39, 0.29) is 11.7 Å². The van der Waals surface area contributed by atoms with Gasteiger partial charge in [0.25, 0.3) is 0 Å². The molecule has 6 heteroatoms. The van der Waals surface area contributed by atoms with Crippen LogP contribution in [0.2, 0.25) is 0 Å². The van der Waals surface area contributed by atoms with Gasteiger partial charge in [0, 0.05) is 63.2 Å². The highest BCUT2D eigenvalue weighted by Crippen LogP contribution is 2.43. The lowest BCUT2D eigenvalue weighted by Gasteiger charge is -2.43. The third-order valence-corrected chi connectivity index (χ3v) is 5.97. The van der Waals surface area contributed by atoms with Crippen molar-refractivity contribution in [3.8, 4) is 5.88 Å². The number of hydrogen-bond donors (Lipinski definition) is 0. The second kappa shape index (κ2) is 7.37. The SMILES string of the molecule is CCn1cc(CN2CC[C@]3(OC)CC[C@H](Oc4ccccn4)C[C@H]23)cn1. The number of aryl methyl sites for hydroxylation is 1. The van der Waals surface area contributed by atoms with Crippen molar-refractivity contribution < 1.29 is 9.47 Å². The van der Waals surface area contributed by atoms with Gasteiger partial charge in [-0.3, -0.25) is 9.58 Å². The number of rotatable bonds is 6. The molecule has 1 saturated heterocycles. The van der Waals surface area contributed by atoms with E-state index in [1.54, 1.807) is 6.20 Å². The van der Waals surface area contributed by atoms with Gasteiger partial charge in [-0.2, -0.15) is 5.10 Å².